The first-order valence-corrected chi connectivity index (χ1v) is 10.7. The van der Waals surface area contributed by atoms with Gasteiger partial charge in [0.25, 0.3) is 0 Å². The fourth-order valence-electron chi connectivity index (χ4n) is 3.53. The van der Waals surface area contributed by atoms with Gasteiger partial charge in [0.1, 0.15) is 35.5 Å². The third kappa shape index (κ3) is 4.53. The van der Waals surface area contributed by atoms with Crippen molar-refractivity contribution in [3.63, 3.8) is 0 Å². The lowest BCUT2D eigenvalue weighted by Crippen LogP contribution is -2.09. The van der Waals surface area contributed by atoms with Crippen molar-refractivity contribution in [1.82, 2.24) is 19.9 Å². The highest BCUT2D eigenvalue weighted by molar-refractivity contribution is 5.96. The maximum Gasteiger partial charge on any atom is 0.215 e. The number of rotatable bonds is 2. The van der Waals surface area contributed by atoms with Gasteiger partial charge in [-0.25, -0.2) is 15.0 Å². The van der Waals surface area contributed by atoms with Gasteiger partial charge in [-0.15, -0.1) is 0 Å². The summed E-state index contributed by atoms with van der Waals surface area (Å²) in [5.41, 5.74) is 2.18. The number of anilines is 3. The lowest BCUT2D eigenvalue weighted by Gasteiger charge is -2.11. The molecular weight excluding hydrogens is 432 g/mol. The smallest absolute Gasteiger partial charge is 0.215 e. The molecule has 0 fully saturated rings. The first-order valence-electron chi connectivity index (χ1n) is 10.7. The molecule has 5 heterocycles. The lowest BCUT2D eigenvalue weighted by molar-refractivity contribution is 0.0871. The second-order valence-corrected chi connectivity index (χ2v) is 7.41. The highest BCUT2D eigenvalue weighted by atomic mass is 16.5. The number of hydrogen-bond donors (Lipinski definition) is 2. The molecule has 170 valence electrons. The topological polar surface area (TPSA) is 103 Å². The Morgan fingerprint density at radius 1 is 1.00 bits per heavy atom. The van der Waals surface area contributed by atoms with Gasteiger partial charge in [0.15, 0.2) is 0 Å². The number of pyridine rings is 4. The largest absolute Gasteiger partial charge is 0.495 e. The quantitative estimate of drug-likeness (QED) is 0.440. The number of hydrogen-bond acceptors (Lipinski definition) is 9. The fraction of sp³-hybridized carbons (Fsp3) is 0.200. The standard InChI is InChI=1S/C25H22N6O3/c1-26-25-20-14-28-23-11-19(20)16(12-29-25)6-7-21-17(10-18(32-2)13-27-21)15-33-8-9-34-24-5-3-4-22(30-23)31-24/h3-5,10-14H,8-9,15H2,1-2H3,(H,26,29)(H,28,30,31). The summed E-state index contributed by atoms with van der Waals surface area (Å²) in [6.45, 7) is 1.04. The zero-order chi connectivity index (χ0) is 23.3. The minimum absolute atomic E-state index is 0.318. The van der Waals surface area contributed by atoms with Crippen molar-refractivity contribution in [2.24, 2.45) is 0 Å². The Kier molecular flexibility index (Phi) is 6.05. The molecule has 0 radical (unpaired) electrons. The molecule has 0 aromatic carbocycles. The SMILES string of the molecule is CNc1ncc2c3cc(ncc13)Nc1cccc(n1)OCCOCc1cc(OC)cnc1C#C2. The van der Waals surface area contributed by atoms with Crippen LogP contribution in [0, 0.1) is 11.8 Å². The minimum Gasteiger partial charge on any atom is -0.495 e. The first-order chi connectivity index (χ1) is 16.7. The van der Waals surface area contributed by atoms with Crippen LogP contribution in [0.3, 0.4) is 0 Å². The van der Waals surface area contributed by atoms with E-state index >= 15 is 0 Å². The molecule has 0 spiro atoms. The van der Waals surface area contributed by atoms with Crippen molar-refractivity contribution < 1.29 is 14.2 Å². The third-order valence-corrected chi connectivity index (χ3v) is 5.22. The van der Waals surface area contributed by atoms with Crippen LogP contribution in [0.2, 0.25) is 0 Å². The molecule has 4 aromatic heterocycles. The van der Waals surface area contributed by atoms with Gasteiger partial charge in [0.05, 0.1) is 32.1 Å². The number of ether oxygens (including phenoxy) is 3. The summed E-state index contributed by atoms with van der Waals surface area (Å²) >= 11 is 0. The second kappa shape index (κ2) is 9.60. The van der Waals surface area contributed by atoms with Crippen molar-refractivity contribution in [1.29, 1.82) is 0 Å². The summed E-state index contributed by atoms with van der Waals surface area (Å²) in [6, 6.07) is 9.33. The minimum atomic E-state index is 0.318. The molecule has 0 atom stereocenters. The molecule has 9 heteroatoms. The van der Waals surface area contributed by atoms with Gasteiger partial charge >= 0.3 is 0 Å². The van der Waals surface area contributed by atoms with E-state index in [-0.39, 0.29) is 0 Å². The molecule has 5 rings (SSSR count). The van der Waals surface area contributed by atoms with E-state index in [9.17, 15) is 0 Å². The normalized spacial score (nSPS) is 13.0. The molecule has 1 aliphatic rings. The van der Waals surface area contributed by atoms with E-state index in [2.05, 4.69) is 42.4 Å². The van der Waals surface area contributed by atoms with Crippen LogP contribution < -0.4 is 20.1 Å². The average Bonchev–Trinajstić information content (AvgIpc) is 2.87. The molecule has 9 nitrogen and oxygen atoms in total. The zero-order valence-corrected chi connectivity index (χ0v) is 18.8. The summed E-state index contributed by atoms with van der Waals surface area (Å²) in [6.07, 6.45) is 5.15. The molecule has 0 aliphatic carbocycles. The van der Waals surface area contributed by atoms with Gasteiger partial charge in [-0.2, -0.15) is 4.98 Å². The number of fused-ring (bicyclic) bond motifs is 4. The zero-order valence-electron chi connectivity index (χ0n) is 18.8. The number of aromatic nitrogens is 4. The number of nitrogens with zero attached hydrogens (tertiary/aromatic N) is 4. The number of nitrogens with one attached hydrogen (secondary N) is 2. The van der Waals surface area contributed by atoms with Crippen LogP contribution in [0.5, 0.6) is 11.6 Å². The predicted octanol–water partition coefficient (Wildman–Crippen LogP) is 3.52. The summed E-state index contributed by atoms with van der Waals surface area (Å²) < 4.78 is 16.9. The Balaban J connectivity index is 1.65. The van der Waals surface area contributed by atoms with E-state index in [4.69, 9.17) is 14.2 Å². The van der Waals surface area contributed by atoms with Crippen molar-refractivity contribution in [3.05, 3.63) is 65.7 Å². The van der Waals surface area contributed by atoms with E-state index in [0.29, 0.717) is 48.8 Å². The molecule has 4 aromatic rings. The molecule has 0 unspecified atom stereocenters. The molecule has 34 heavy (non-hydrogen) atoms. The van der Waals surface area contributed by atoms with Crippen LogP contribution in [0.4, 0.5) is 17.5 Å². The van der Waals surface area contributed by atoms with Crippen molar-refractivity contribution in [2.75, 3.05) is 38.0 Å². The number of methoxy groups -OCH3 is 1. The molecule has 0 saturated carbocycles. The third-order valence-electron chi connectivity index (χ3n) is 5.22. The van der Waals surface area contributed by atoms with Gasteiger partial charge in [-0.1, -0.05) is 12.0 Å². The molecular formula is C25H22N6O3. The Morgan fingerprint density at radius 3 is 2.82 bits per heavy atom. The monoisotopic (exact) mass is 454 g/mol. The summed E-state index contributed by atoms with van der Waals surface area (Å²) in [5.74, 6) is 9.51. The Morgan fingerprint density at radius 2 is 1.94 bits per heavy atom. The average molecular weight is 454 g/mol. The molecule has 1 aliphatic heterocycles. The van der Waals surface area contributed by atoms with Crippen molar-refractivity contribution in [2.45, 2.75) is 6.61 Å². The Labute approximate surface area is 196 Å². The molecule has 0 saturated heterocycles. The predicted molar refractivity (Wildman–Crippen MR) is 129 cm³/mol. The highest BCUT2D eigenvalue weighted by Gasteiger charge is 2.10. The van der Waals surface area contributed by atoms with E-state index in [1.807, 2.05) is 31.3 Å². The van der Waals surface area contributed by atoms with E-state index in [1.165, 1.54) is 0 Å². The van der Waals surface area contributed by atoms with Crippen molar-refractivity contribution in [3.8, 4) is 23.5 Å². The lowest BCUT2D eigenvalue weighted by atomic mass is 10.1. The van der Waals surface area contributed by atoms with Crippen LogP contribution in [-0.2, 0) is 11.3 Å². The first kappa shape index (κ1) is 21.4. The summed E-state index contributed by atoms with van der Waals surface area (Å²) in [4.78, 5) is 18.0. The van der Waals surface area contributed by atoms with Crippen LogP contribution in [0.1, 0.15) is 16.8 Å². The van der Waals surface area contributed by atoms with Crippen LogP contribution in [0.25, 0.3) is 10.8 Å². The van der Waals surface area contributed by atoms with E-state index in [1.54, 1.807) is 31.8 Å². The molecule has 4 bridgehead atoms. The van der Waals surface area contributed by atoms with Gasteiger partial charge < -0.3 is 24.8 Å². The molecule has 0 amide bonds. The summed E-state index contributed by atoms with van der Waals surface area (Å²) in [5, 5.41) is 8.10. The maximum atomic E-state index is 5.82. The van der Waals surface area contributed by atoms with Gasteiger partial charge in [-0.3, -0.25) is 0 Å². The van der Waals surface area contributed by atoms with Gasteiger partial charge in [-0.05, 0) is 24.1 Å². The second-order valence-electron chi connectivity index (χ2n) is 7.41. The Hall–Kier alpha value is -4.42. The van der Waals surface area contributed by atoms with E-state index in [0.717, 1.165) is 27.7 Å². The fourth-order valence-corrected chi connectivity index (χ4v) is 3.53. The van der Waals surface area contributed by atoms with Crippen molar-refractivity contribution >= 4 is 28.2 Å². The molecule has 2 N–H and O–H groups in total. The summed E-state index contributed by atoms with van der Waals surface area (Å²) in [7, 11) is 3.42. The van der Waals surface area contributed by atoms with Gasteiger partial charge in [0.2, 0.25) is 5.88 Å². The van der Waals surface area contributed by atoms with Crippen LogP contribution in [0.15, 0.2) is 48.9 Å². The van der Waals surface area contributed by atoms with Crippen LogP contribution >= 0.6 is 0 Å². The van der Waals surface area contributed by atoms with E-state index < -0.39 is 0 Å². The van der Waals surface area contributed by atoms with Crippen LogP contribution in [-0.4, -0.2) is 47.3 Å². The maximum absolute atomic E-state index is 5.82. The van der Waals surface area contributed by atoms with Gasteiger partial charge in [0, 0.05) is 41.8 Å². The Bertz CT molecular complexity index is 1410. The highest BCUT2D eigenvalue weighted by Crippen LogP contribution is 2.27.